The molecule has 0 bridgehead atoms. The molecule has 0 radical (unpaired) electrons. The Bertz CT molecular complexity index is 469. The number of amides is 1. The first-order valence-electron chi connectivity index (χ1n) is 10.6. The number of unbranched alkanes of at least 4 members (excludes halogenated alkanes) is 8. The summed E-state index contributed by atoms with van der Waals surface area (Å²) in [5.41, 5.74) is 7.41. The molecule has 1 atom stereocenters. The SMILES string of the molecule is CCCCCCCCC(CCCCCC)Cc1ccccc1C(N)=O. The van der Waals surface area contributed by atoms with Gasteiger partial charge in [0.1, 0.15) is 0 Å². The first-order chi connectivity index (χ1) is 12.2. The topological polar surface area (TPSA) is 43.1 Å². The number of rotatable bonds is 15. The van der Waals surface area contributed by atoms with Crippen LogP contribution in [0.2, 0.25) is 0 Å². The molecule has 0 aliphatic rings. The minimum absolute atomic E-state index is 0.292. The Morgan fingerprint density at radius 1 is 0.840 bits per heavy atom. The van der Waals surface area contributed by atoms with Crippen molar-refractivity contribution in [3.8, 4) is 0 Å². The second-order valence-corrected chi connectivity index (χ2v) is 7.50. The molecule has 1 aromatic rings. The van der Waals surface area contributed by atoms with Gasteiger partial charge in [0, 0.05) is 5.56 Å². The summed E-state index contributed by atoms with van der Waals surface area (Å²) in [6.07, 6.45) is 16.9. The standard InChI is InChI=1S/C23H39NO/c1-3-5-7-9-10-12-16-20(15-11-8-6-4-2)19-21-17-13-14-18-22(21)23(24)25/h13-14,17-18,20H,3-12,15-16,19H2,1-2H3,(H2,24,25). The van der Waals surface area contributed by atoms with Gasteiger partial charge in [0.05, 0.1) is 0 Å². The van der Waals surface area contributed by atoms with Gasteiger partial charge in [0.25, 0.3) is 0 Å². The fourth-order valence-corrected chi connectivity index (χ4v) is 3.67. The van der Waals surface area contributed by atoms with Gasteiger partial charge >= 0.3 is 0 Å². The quantitative estimate of drug-likeness (QED) is 0.355. The molecular weight excluding hydrogens is 306 g/mol. The van der Waals surface area contributed by atoms with Gasteiger partial charge in [-0.25, -0.2) is 0 Å². The van der Waals surface area contributed by atoms with Gasteiger partial charge in [-0.2, -0.15) is 0 Å². The number of carbonyl (C=O) groups is 1. The number of benzene rings is 1. The third kappa shape index (κ3) is 9.67. The molecular formula is C23H39NO. The summed E-state index contributed by atoms with van der Waals surface area (Å²) in [6.45, 7) is 4.53. The average molecular weight is 346 g/mol. The zero-order valence-electron chi connectivity index (χ0n) is 16.6. The maximum atomic E-state index is 11.7. The van der Waals surface area contributed by atoms with E-state index in [1.165, 1.54) is 77.0 Å². The third-order valence-corrected chi connectivity index (χ3v) is 5.22. The molecule has 1 unspecified atom stereocenters. The molecule has 0 aliphatic carbocycles. The van der Waals surface area contributed by atoms with Crippen LogP contribution in [0, 0.1) is 5.92 Å². The molecule has 0 saturated carbocycles. The summed E-state index contributed by atoms with van der Waals surface area (Å²) in [5.74, 6) is 0.392. The van der Waals surface area contributed by atoms with E-state index in [4.69, 9.17) is 5.73 Å². The van der Waals surface area contributed by atoms with Crippen molar-refractivity contribution < 1.29 is 4.79 Å². The molecule has 0 saturated heterocycles. The number of hydrogen-bond donors (Lipinski definition) is 1. The lowest BCUT2D eigenvalue weighted by Crippen LogP contribution is -2.15. The van der Waals surface area contributed by atoms with E-state index in [-0.39, 0.29) is 5.91 Å². The summed E-state index contributed by atoms with van der Waals surface area (Å²) in [4.78, 5) is 11.7. The van der Waals surface area contributed by atoms with E-state index in [1.807, 2.05) is 18.2 Å². The van der Waals surface area contributed by atoms with E-state index in [1.54, 1.807) is 0 Å². The monoisotopic (exact) mass is 345 g/mol. The molecule has 0 aliphatic heterocycles. The van der Waals surface area contributed by atoms with Crippen LogP contribution in [0.3, 0.4) is 0 Å². The Kier molecular flexibility index (Phi) is 12.1. The zero-order valence-corrected chi connectivity index (χ0v) is 16.6. The van der Waals surface area contributed by atoms with Crippen molar-refractivity contribution in [1.82, 2.24) is 0 Å². The largest absolute Gasteiger partial charge is 0.366 e. The summed E-state index contributed by atoms with van der Waals surface area (Å²) < 4.78 is 0. The van der Waals surface area contributed by atoms with Crippen molar-refractivity contribution in [2.24, 2.45) is 11.7 Å². The maximum Gasteiger partial charge on any atom is 0.248 e. The van der Waals surface area contributed by atoms with E-state index in [0.717, 1.165) is 12.0 Å². The van der Waals surface area contributed by atoms with Gasteiger partial charge in [0.2, 0.25) is 5.91 Å². The summed E-state index contributed by atoms with van der Waals surface area (Å²) in [6, 6.07) is 7.89. The first kappa shape index (κ1) is 21.7. The predicted octanol–water partition coefficient (Wildman–Crippen LogP) is 6.67. The Hall–Kier alpha value is -1.31. The highest BCUT2D eigenvalue weighted by Crippen LogP contribution is 2.24. The Balaban J connectivity index is 2.53. The smallest absolute Gasteiger partial charge is 0.248 e. The van der Waals surface area contributed by atoms with Crippen LogP contribution >= 0.6 is 0 Å². The van der Waals surface area contributed by atoms with Crippen LogP contribution in [-0.2, 0) is 6.42 Å². The molecule has 0 aromatic heterocycles. The van der Waals surface area contributed by atoms with E-state index < -0.39 is 0 Å². The molecule has 0 fully saturated rings. The van der Waals surface area contributed by atoms with E-state index in [0.29, 0.717) is 11.5 Å². The lowest BCUT2D eigenvalue weighted by molar-refractivity contribution is 0.0999. The molecule has 0 spiro atoms. The van der Waals surface area contributed by atoms with Crippen LogP contribution in [0.1, 0.15) is 107 Å². The Morgan fingerprint density at radius 2 is 1.36 bits per heavy atom. The van der Waals surface area contributed by atoms with Crippen molar-refractivity contribution in [1.29, 1.82) is 0 Å². The second kappa shape index (κ2) is 13.9. The van der Waals surface area contributed by atoms with E-state index in [2.05, 4.69) is 19.9 Å². The normalized spacial score (nSPS) is 12.2. The highest BCUT2D eigenvalue weighted by atomic mass is 16.1. The minimum atomic E-state index is -0.292. The number of primary amides is 1. The van der Waals surface area contributed by atoms with Gasteiger partial charge in [-0.3, -0.25) is 4.79 Å². The highest BCUT2D eigenvalue weighted by Gasteiger charge is 2.14. The molecule has 1 amide bonds. The fourth-order valence-electron chi connectivity index (χ4n) is 3.67. The minimum Gasteiger partial charge on any atom is -0.366 e. The third-order valence-electron chi connectivity index (χ3n) is 5.22. The van der Waals surface area contributed by atoms with Gasteiger partial charge in [-0.15, -0.1) is 0 Å². The van der Waals surface area contributed by atoms with Gasteiger partial charge in [0.15, 0.2) is 0 Å². The summed E-state index contributed by atoms with van der Waals surface area (Å²) in [7, 11) is 0. The highest BCUT2D eigenvalue weighted by molar-refractivity contribution is 5.94. The molecule has 142 valence electrons. The number of nitrogens with two attached hydrogens (primary N) is 1. The van der Waals surface area contributed by atoms with Crippen LogP contribution in [-0.4, -0.2) is 5.91 Å². The molecule has 2 heteroatoms. The average Bonchev–Trinajstić information content (AvgIpc) is 2.61. The number of hydrogen-bond acceptors (Lipinski definition) is 1. The van der Waals surface area contributed by atoms with Crippen molar-refractivity contribution in [2.75, 3.05) is 0 Å². The zero-order chi connectivity index (χ0) is 18.3. The molecule has 0 heterocycles. The molecule has 1 aromatic carbocycles. The maximum absolute atomic E-state index is 11.7. The lowest BCUT2D eigenvalue weighted by atomic mass is 9.87. The molecule has 2 nitrogen and oxygen atoms in total. The van der Waals surface area contributed by atoms with Gasteiger partial charge in [-0.1, -0.05) is 109 Å². The predicted molar refractivity (Wildman–Crippen MR) is 109 cm³/mol. The van der Waals surface area contributed by atoms with Crippen LogP contribution in [0.5, 0.6) is 0 Å². The molecule has 2 N–H and O–H groups in total. The Morgan fingerprint density at radius 3 is 1.96 bits per heavy atom. The van der Waals surface area contributed by atoms with Crippen molar-refractivity contribution in [2.45, 2.75) is 97.3 Å². The van der Waals surface area contributed by atoms with Gasteiger partial charge in [-0.05, 0) is 24.0 Å². The second-order valence-electron chi connectivity index (χ2n) is 7.50. The first-order valence-corrected chi connectivity index (χ1v) is 10.6. The van der Waals surface area contributed by atoms with Crippen molar-refractivity contribution in [3.05, 3.63) is 35.4 Å². The van der Waals surface area contributed by atoms with Crippen LogP contribution in [0.4, 0.5) is 0 Å². The van der Waals surface area contributed by atoms with Crippen LogP contribution in [0.15, 0.2) is 24.3 Å². The molecule has 25 heavy (non-hydrogen) atoms. The number of carbonyl (C=O) groups excluding carboxylic acids is 1. The van der Waals surface area contributed by atoms with Crippen LogP contribution < -0.4 is 5.73 Å². The van der Waals surface area contributed by atoms with Crippen LogP contribution in [0.25, 0.3) is 0 Å². The van der Waals surface area contributed by atoms with Crippen molar-refractivity contribution >= 4 is 5.91 Å². The molecule has 1 rings (SSSR count). The van der Waals surface area contributed by atoms with Gasteiger partial charge < -0.3 is 5.73 Å². The summed E-state index contributed by atoms with van der Waals surface area (Å²) >= 11 is 0. The van der Waals surface area contributed by atoms with Crippen molar-refractivity contribution in [3.63, 3.8) is 0 Å². The lowest BCUT2D eigenvalue weighted by Gasteiger charge is -2.18. The fraction of sp³-hybridized carbons (Fsp3) is 0.696. The Labute approximate surface area is 155 Å². The summed E-state index contributed by atoms with van der Waals surface area (Å²) in [5, 5.41) is 0. The van der Waals surface area contributed by atoms with E-state index >= 15 is 0 Å². The van der Waals surface area contributed by atoms with E-state index in [9.17, 15) is 4.79 Å².